The summed E-state index contributed by atoms with van der Waals surface area (Å²) in [4.78, 5) is 25.6. The van der Waals surface area contributed by atoms with Crippen LogP contribution in [0.15, 0.2) is 41.6 Å². The first-order valence-corrected chi connectivity index (χ1v) is 5.36. The van der Waals surface area contributed by atoms with Gasteiger partial charge in [-0.25, -0.2) is 4.98 Å². The summed E-state index contributed by atoms with van der Waals surface area (Å²) < 4.78 is 1.39. The lowest BCUT2D eigenvalue weighted by atomic mass is 10.1. The molecular weight excluding hydrogens is 250 g/mol. The first kappa shape index (κ1) is 12.7. The maximum Gasteiger partial charge on any atom is 0.293 e. The highest BCUT2D eigenvalue weighted by Gasteiger charge is 2.13. The number of nitrogens with two attached hydrogens (primary N) is 1. The second-order valence-electron chi connectivity index (χ2n) is 3.80. The van der Waals surface area contributed by atoms with E-state index in [1.54, 1.807) is 6.07 Å². The van der Waals surface area contributed by atoms with E-state index in [1.807, 2.05) is 0 Å². The summed E-state index contributed by atoms with van der Waals surface area (Å²) in [6.07, 6.45) is 2.81. The molecule has 8 heteroatoms. The van der Waals surface area contributed by atoms with Gasteiger partial charge in [-0.05, 0) is 11.6 Å². The lowest BCUT2D eigenvalue weighted by Gasteiger charge is -2.07. The van der Waals surface area contributed by atoms with Crippen molar-refractivity contribution in [3.05, 3.63) is 62.8 Å². The number of nitro groups is 1. The zero-order chi connectivity index (χ0) is 13.8. The van der Waals surface area contributed by atoms with Crippen LogP contribution in [0.1, 0.15) is 5.56 Å². The number of benzene rings is 1. The summed E-state index contributed by atoms with van der Waals surface area (Å²) in [5.74, 6) is 5.25. The molecule has 0 atom stereocenters. The molecule has 0 amide bonds. The number of hydrogen-bond donors (Lipinski definition) is 2. The van der Waals surface area contributed by atoms with Crippen LogP contribution in [0.5, 0.6) is 0 Å². The summed E-state index contributed by atoms with van der Waals surface area (Å²) in [5.41, 5.74) is 2.85. The van der Waals surface area contributed by atoms with Gasteiger partial charge in [0.2, 0.25) is 0 Å². The van der Waals surface area contributed by atoms with Crippen molar-refractivity contribution in [2.45, 2.75) is 6.54 Å². The Hall–Kier alpha value is -2.74. The van der Waals surface area contributed by atoms with Gasteiger partial charge in [-0.2, -0.15) is 0 Å². The van der Waals surface area contributed by atoms with Crippen LogP contribution < -0.4 is 16.8 Å². The minimum atomic E-state index is -0.533. The third kappa shape index (κ3) is 2.75. The molecule has 1 aromatic carbocycles. The summed E-state index contributed by atoms with van der Waals surface area (Å²) in [6.45, 7) is 0.263. The molecule has 0 radical (unpaired) electrons. The van der Waals surface area contributed by atoms with Gasteiger partial charge >= 0.3 is 0 Å². The van der Waals surface area contributed by atoms with Crippen LogP contribution >= 0.6 is 0 Å². The number of nitrogen functional groups attached to an aromatic ring is 1. The molecule has 1 aromatic heterocycles. The van der Waals surface area contributed by atoms with E-state index < -0.39 is 4.92 Å². The Labute approximate surface area is 107 Å². The maximum absolute atomic E-state index is 11.5. The van der Waals surface area contributed by atoms with E-state index in [-0.39, 0.29) is 23.5 Å². The van der Waals surface area contributed by atoms with Crippen LogP contribution in [0.4, 0.5) is 11.4 Å². The quantitative estimate of drug-likeness (QED) is 0.470. The Balaban J connectivity index is 2.35. The van der Waals surface area contributed by atoms with E-state index in [4.69, 9.17) is 5.84 Å². The van der Waals surface area contributed by atoms with Crippen molar-refractivity contribution in [2.24, 2.45) is 5.84 Å². The molecule has 0 unspecified atom stereocenters. The molecule has 0 aliphatic carbocycles. The third-order valence-corrected chi connectivity index (χ3v) is 2.56. The predicted octanol–water partition coefficient (Wildman–Crippen LogP) is 0.485. The highest BCUT2D eigenvalue weighted by Crippen LogP contribution is 2.24. The molecule has 2 aromatic rings. The maximum atomic E-state index is 11.5. The highest BCUT2D eigenvalue weighted by atomic mass is 16.6. The molecule has 0 saturated heterocycles. The number of nitrogens with one attached hydrogen (secondary N) is 1. The van der Waals surface area contributed by atoms with Crippen molar-refractivity contribution in [3.63, 3.8) is 0 Å². The molecule has 0 aliphatic rings. The van der Waals surface area contributed by atoms with Crippen LogP contribution in [0.2, 0.25) is 0 Å². The molecule has 3 N–H and O–H groups in total. The molecule has 0 saturated carbocycles. The molecule has 19 heavy (non-hydrogen) atoms. The summed E-state index contributed by atoms with van der Waals surface area (Å²) >= 11 is 0. The molecule has 2 rings (SSSR count). The van der Waals surface area contributed by atoms with Crippen molar-refractivity contribution in [3.8, 4) is 0 Å². The van der Waals surface area contributed by atoms with E-state index in [0.29, 0.717) is 5.56 Å². The molecule has 0 aliphatic heterocycles. The standard InChI is InChI=1S/C11H11N5O3/c12-14-9-5-8(1-2-10(9)16(18)19)6-15-7-13-4-3-11(15)17/h1-5,7,14H,6,12H2. The van der Waals surface area contributed by atoms with E-state index in [0.717, 1.165) is 0 Å². The fraction of sp³-hybridized carbons (Fsp3) is 0.0909. The molecule has 98 valence electrons. The molecule has 0 spiro atoms. The fourth-order valence-corrected chi connectivity index (χ4v) is 1.65. The van der Waals surface area contributed by atoms with Gasteiger partial charge in [0, 0.05) is 18.3 Å². The SMILES string of the molecule is NNc1cc(Cn2cnccc2=O)ccc1[N+](=O)[O-]. The van der Waals surface area contributed by atoms with Crippen LogP contribution in [-0.2, 0) is 6.54 Å². The molecular formula is C11H11N5O3. The van der Waals surface area contributed by atoms with E-state index in [1.165, 1.54) is 35.3 Å². The molecule has 8 nitrogen and oxygen atoms in total. The first-order valence-electron chi connectivity index (χ1n) is 5.36. The Kier molecular flexibility index (Phi) is 3.53. The Morgan fingerprint density at radius 1 is 1.42 bits per heavy atom. The normalized spacial score (nSPS) is 10.2. The second-order valence-corrected chi connectivity index (χ2v) is 3.80. The number of hydrogen-bond acceptors (Lipinski definition) is 6. The van der Waals surface area contributed by atoms with Crippen LogP contribution in [0.3, 0.4) is 0 Å². The third-order valence-electron chi connectivity index (χ3n) is 2.56. The highest BCUT2D eigenvalue weighted by molar-refractivity contribution is 5.62. The number of nitro benzene ring substituents is 1. The van der Waals surface area contributed by atoms with Gasteiger partial charge in [0.25, 0.3) is 11.2 Å². The minimum absolute atomic E-state index is 0.121. The van der Waals surface area contributed by atoms with Crippen LogP contribution in [-0.4, -0.2) is 14.5 Å². The molecule has 1 heterocycles. The van der Waals surface area contributed by atoms with Crippen molar-refractivity contribution < 1.29 is 4.92 Å². The predicted molar refractivity (Wildman–Crippen MR) is 68.5 cm³/mol. The Morgan fingerprint density at radius 2 is 2.21 bits per heavy atom. The Bertz CT molecular complexity index is 667. The zero-order valence-electron chi connectivity index (χ0n) is 9.81. The van der Waals surface area contributed by atoms with Gasteiger partial charge in [0.15, 0.2) is 0 Å². The van der Waals surface area contributed by atoms with Gasteiger partial charge in [0.1, 0.15) is 5.69 Å². The van der Waals surface area contributed by atoms with Gasteiger partial charge in [0.05, 0.1) is 17.8 Å². The lowest BCUT2D eigenvalue weighted by Crippen LogP contribution is -2.19. The Morgan fingerprint density at radius 3 is 2.84 bits per heavy atom. The van der Waals surface area contributed by atoms with Gasteiger partial charge in [-0.15, -0.1) is 0 Å². The smallest absolute Gasteiger partial charge is 0.293 e. The van der Waals surface area contributed by atoms with Crippen molar-refractivity contribution in [1.29, 1.82) is 0 Å². The van der Waals surface area contributed by atoms with Gasteiger partial charge in [-0.3, -0.25) is 25.3 Å². The number of rotatable bonds is 4. The summed E-state index contributed by atoms with van der Waals surface area (Å²) in [7, 11) is 0. The van der Waals surface area contributed by atoms with Crippen LogP contribution in [0.25, 0.3) is 0 Å². The molecule has 0 fully saturated rings. The zero-order valence-corrected chi connectivity index (χ0v) is 9.81. The number of aromatic nitrogens is 2. The van der Waals surface area contributed by atoms with E-state index in [9.17, 15) is 14.9 Å². The summed E-state index contributed by atoms with van der Waals surface area (Å²) in [6, 6.07) is 5.77. The van der Waals surface area contributed by atoms with E-state index >= 15 is 0 Å². The molecule has 0 bridgehead atoms. The summed E-state index contributed by atoms with van der Waals surface area (Å²) in [5, 5.41) is 10.7. The number of anilines is 1. The van der Waals surface area contributed by atoms with Gasteiger partial charge in [-0.1, -0.05) is 6.07 Å². The lowest BCUT2D eigenvalue weighted by molar-refractivity contribution is -0.384. The van der Waals surface area contributed by atoms with Crippen molar-refractivity contribution >= 4 is 11.4 Å². The topological polar surface area (TPSA) is 116 Å². The van der Waals surface area contributed by atoms with Crippen molar-refractivity contribution in [1.82, 2.24) is 9.55 Å². The average Bonchev–Trinajstić information content (AvgIpc) is 2.41. The first-order chi connectivity index (χ1) is 9.11. The van der Waals surface area contributed by atoms with Crippen molar-refractivity contribution in [2.75, 3.05) is 5.43 Å². The second kappa shape index (κ2) is 5.27. The monoisotopic (exact) mass is 261 g/mol. The largest absolute Gasteiger partial charge is 0.318 e. The average molecular weight is 261 g/mol. The minimum Gasteiger partial charge on any atom is -0.318 e. The number of hydrazine groups is 1. The fourth-order valence-electron chi connectivity index (χ4n) is 1.65. The van der Waals surface area contributed by atoms with E-state index in [2.05, 4.69) is 10.4 Å². The number of nitrogens with zero attached hydrogens (tertiary/aromatic N) is 3. The van der Waals surface area contributed by atoms with Gasteiger partial charge < -0.3 is 5.43 Å². The van der Waals surface area contributed by atoms with Crippen LogP contribution in [0, 0.1) is 10.1 Å².